The van der Waals surface area contributed by atoms with E-state index in [1.807, 2.05) is 38.2 Å². The van der Waals surface area contributed by atoms with Gasteiger partial charge in [-0.15, -0.1) is 0 Å². The van der Waals surface area contributed by atoms with Gasteiger partial charge >= 0.3 is 0 Å². The van der Waals surface area contributed by atoms with Crippen molar-refractivity contribution in [1.82, 2.24) is 5.32 Å². The maximum Gasteiger partial charge on any atom is 0.144 e. The molecule has 5 heteroatoms. The molecule has 134 valence electrons. The van der Waals surface area contributed by atoms with Crippen molar-refractivity contribution in [1.29, 1.82) is 0 Å². The third-order valence-corrected chi connectivity index (χ3v) is 4.96. The highest BCUT2D eigenvalue weighted by molar-refractivity contribution is 7.71. The first-order valence-electron chi connectivity index (χ1n) is 8.48. The molecule has 0 atom stereocenters. The quantitative estimate of drug-likeness (QED) is 0.471. The molecule has 0 unspecified atom stereocenters. The van der Waals surface area contributed by atoms with Crippen LogP contribution in [0.5, 0.6) is 0 Å². The van der Waals surface area contributed by atoms with Gasteiger partial charge in [-0.25, -0.2) is 13.4 Å². The van der Waals surface area contributed by atoms with Crippen molar-refractivity contribution in [3.8, 4) is 0 Å². The van der Waals surface area contributed by atoms with E-state index in [2.05, 4.69) is 36.3 Å². The maximum absolute atomic E-state index is 11.3. The summed E-state index contributed by atoms with van der Waals surface area (Å²) in [6, 6.07) is 12.3. The molecule has 2 rings (SSSR count). The first-order chi connectivity index (χ1) is 11.9. The zero-order valence-electron chi connectivity index (χ0n) is 15.3. The van der Waals surface area contributed by atoms with Gasteiger partial charge in [0.1, 0.15) is 16.5 Å². The minimum Gasteiger partial charge on any atom is -0.377 e. The zero-order chi connectivity index (χ0) is 18.4. The van der Waals surface area contributed by atoms with Crippen LogP contribution < -0.4 is 5.32 Å². The number of amidine groups is 1. The van der Waals surface area contributed by atoms with E-state index in [1.54, 1.807) is 0 Å². The predicted molar refractivity (Wildman–Crippen MR) is 106 cm³/mol. The number of hydrogen-bond donors (Lipinski definition) is 2. The summed E-state index contributed by atoms with van der Waals surface area (Å²) < 4.78 is 22.7. The van der Waals surface area contributed by atoms with E-state index >= 15 is 0 Å². The number of nitrogens with one attached hydrogen (secondary N) is 1. The zero-order valence-corrected chi connectivity index (χ0v) is 16.2. The van der Waals surface area contributed by atoms with E-state index < -0.39 is 10.7 Å². The maximum atomic E-state index is 11.3. The van der Waals surface area contributed by atoms with Gasteiger partial charge in [0, 0.05) is 13.5 Å². The summed E-state index contributed by atoms with van der Waals surface area (Å²) in [5.74, 6) is 0.851. The van der Waals surface area contributed by atoms with Crippen molar-refractivity contribution in [2.24, 2.45) is 4.99 Å². The van der Waals surface area contributed by atoms with E-state index in [4.69, 9.17) is 0 Å². The topological polar surface area (TPSA) is 58.5 Å². The second kappa shape index (κ2) is 8.81. The summed E-state index contributed by atoms with van der Waals surface area (Å²) >= 11 is 0. The normalized spacial score (nSPS) is 11.8. The molecule has 0 spiro atoms. The lowest BCUT2D eigenvalue weighted by Gasteiger charge is -2.13. The number of aryl methyl sites for hydroxylation is 2. The number of benzene rings is 2. The molecule has 4 nitrogen and oxygen atoms in total. The molecule has 0 fully saturated rings. The second-order valence-corrected chi connectivity index (χ2v) is 7.15. The van der Waals surface area contributed by atoms with E-state index in [-0.39, 0.29) is 5.75 Å². The molecule has 1 N–H and O–H groups in total. The van der Waals surface area contributed by atoms with E-state index in [1.165, 1.54) is 11.1 Å². The third-order valence-electron chi connectivity index (χ3n) is 4.36. The number of thiol groups is 1. The Morgan fingerprint density at radius 2 is 1.76 bits per heavy atom. The Kier molecular flexibility index (Phi) is 6.76. The summed E-state index contributed by atoms with van der Waals surface area (Å²) in [6.45, 7) is 6.17. The third kappa shape index (κ3) is 5.16. The van der Waals surface area contributed by atoms with Crippen LogP contribution in [-0.2, 0) is 22.9 Å². The number of aliphatic imine (C=N–C) groups is 1. The average molecular weight is 359 g/mol. The Morgan fingerprint density at radius 1 is 1.04 bits per heavy atom. The standard InChI is InChI=1S/C20H26N2O2S/c1-5-20(21-4)22-19-10-15(3)17(12-18(19)13-25(23)24)11-16-9-7-6-8-14(16)2/h6-10,12,25H,5,11,13H2,1-4H3,(H,21,22). The van der Waals surface area contributed by atoms with E-state index in [0.717, 1.165) is 41.1 Å². The monoisotopic (exact) mass is 358 g/mol. The SMILES string of the molecule is CCC(=Nc1cc(C)c(Cc2ccccc2C)cc1C[SH](=O)=O)NC. The summed E-state index contributed by atoms with van der Waals surface area (Å²) in [5.41, 5.74) is 6.25. The largest absolute Gasteiger partial charge is 0.377 e. The Hall–Kier alpha value is -2.14. The molecule has 0 aromatic heterocycles. The fourth-order valence-electron chi connectivity index (χ4n) is 2.82. The average Bonchev–Trinajstić information content (AvgIpc) is 2.57. The molecule has 0 aliphatic rings. The molecule has 2 aromatic carbocycles. The van der Waals surface area contributed by atoms with Gasteiger partial charge in [-0.1, -0.05) is 37.3 Å². The first-order valence-corrected chi connectivity index (χ1v) is 9.84. The highest BCUT2D eigenvalue weighted by Crippen LogP contribution is 2.27. The number of hydrogen-bond acceptors (Lipinski definition) is 3. The van der Waals surface area contributed by atoms with Crippen molar-refractivity contribution < 1.29 is 8.42 Å². The molecule has 25 heavy (non-hydrogen) atoms. The van der Waals surface area contributed by atoms with Crippen LogP contribution in [0.1, 0.15) is 41.2 Å². The Bertz CT molecular complexity index is 841. The van der Waals surface area contributed by atoms with Crippen LogP contribution in [0.4, 0.5) is 5.69 Å². The van der Waals surface area contributed by atoms with Crippen LogP contribution in [0, 0.1) is 13.8 Å². The van der Waals surface area contributed by atoms with Gasteiger partial charge in [0.05, 0.1) is 11.4 Å². The van der Waals surface area contributed by atoms with Crippen molar-refractivity contribution in [3.63, 3.8) is 0 Å². The van der Waals surface area contributed by atoms with Gasteiger partial charge in [0.25, 0.3) is 0 Å². The minimum atomic E-state index is -2.50. The lowest BCUT2D eigenvalue weighted by atomic mass is 9.95. The van der Waals surface area contributed by atoms with Gasteiger partial charge in [-0.05, 0) is 54.2 Å². The van der Waals surface area contributed by atoms with Crippen molar-refractivity contribution in [2.45, 2.75) is 39.4 Å². The molecular formula is C20H26N2O2S. The van der Waals surface area contributed by atoms with Crippen LogP contribution in [0.15, 0.2) is 41.4 Å². The van der Waals surface area contributed by atoms with Crippen LogP contribution in [0.25, 0.3) is 0 Å². The fourth-order valence-corrected chi connectivity index (χ4v) is 3.35. The van der Waals surface area contributed by atoms with Gasteiger partial charge in [-0.3, -0.25) is 0 Å². The van der Waals surface area contributed by atoms with E-state index in [0.29, 0.717) is 0 Å². The molecule has 0 radical (unpaired) electrons. The predicted octanol–water partition coefficient (Wildman–Crippen LogP) is 3.67. The minimum absolute atomic E-state index is 0.00985. The van der Waals surface area contributed by atoms with Crippen molar-refractivity contribution >= 4 is 22.2 Å². The summed E-state index contributed by atoms with van der Waals surface area (Å²) in [4.78, 5) is 4.61. The van der Waals surface area contributed by atoms with Crippen molar-refractivity contribution in [3.05, 3.63) is 64.2 Å². The van der Waals surface area contributed by atoms with Crippen LogP contribution in [0.3, 0.4) is 0 Å². The fraction of sp³-hybridized carbons (Fsp3) is 0.350. The molecule has 0 amide bonds. The smallest absolute Gasteiger partial charge is 0.144 e. The summed E-state index contributed by atoms with van der Waals surface area (Å²) in [6.07, 6.45) is 1.56. The van der Waals surface area contributed by atoms with E-state index in [9.17, 15) is 8.42 Å². The molecule has 0 heterocycles. The Labute approximate surface area is 152 Å². The van der Waals surface area contributed by atoms with Crippen LogP contribution in [0.2, 0.25) is 0 Å². The first kappa shape index (κ1) is 19.2. The van der Waals surface area contributed by atoms with Gasteiger partial charge < -0.3 is 5.32 Å². The Balaban J connectivity index is 2.49. The molecule has 2 aromatic rings. The second-order valence-electron chi connectivity index (χ2n) is 6.16. The Morgan fingerprint density at radius 3 is 2.36 bits per heavy atom. The lowest BCUT2D eigenvalue weighted by molar-refractivity contribution is 0.614. The van der Waals surface area contributed by atoms with Gasteiger partial charge in [-0.2, -0.15) is 0 Å². The molecule has 0 saturated carbocycles. The summed E-state index contributed by atoms with van der Waals surface area (Å²) in [7, 11) is -0.675. The lowest BCUT2D eigenvalue weighted by Crippen LogP contribution is -2.16. The van der Waals surface area contributed by atoms with Crippen molar-refractivity contribution in [2.75, 3.05) is 7.05 Å². The van der Waals surface area contributed by atoms with Crippen LogP contribution in [-0.4, -0.2) is 21.3 Å². The number of rotatable bonds is 6. The number of nitrogens with zero attached hydrogens (tertiary/aromatic N) is 1. The van der Waals surface area contributed by atoms with Crippen LogP contribution >= 0.6 is 0 Å². The van der Waals surface area contributed by atoms with Gasteiger partial charge in [0.15, 0.2) is 0 Å². The molecule has 0 aliphatic heterocycles. The highest BCUT2D eigenvalue weighted by atomic mass is 32.2. The molecule has 0 aliphatic carbocycles. The molecular weight excluding hydrogens is 332 g/mol. The summed E-state index contributed by atoms with van der Waals surface area (Å²) in [5, 5.41) is 3.06. The molecule has 0 bridgehead atoms. The van der Waals surface area contributed by atoms with Gasteiger partial charge in [0.2, 0.25) is 0 Å². The molecule has 0 saturated heterocycles. The highest BCUT2D eigenvalue weighted by Gasteiger charge is 2.10.